The largest absolute Gasteiger partial charge is 0.348 e. The molecule has 0 saturated carbocycles. The summed E-state index contributed by atoms with van der Waals surface area (Å²) in [6.07, 6.45) is 0. The van der Waals surface area contributed by atoms with Gasteiger partial charge in [-0.05, 0) is 48.9 Å². The van der Waals surface area contributed by atoms with Crippen molar-refractivity contribution in [2.45, 2.75) is 32.2 Å². The SMILES string of the molecule is CCN(CC)S(=O)(=O)c1ccc(CNC(=O)c2ccc(-c3nc(C)no3)cc2)cc1. The Kier molecular flexibility index (Phi) is 6.63. The number of aromatic nitrogens is 2. The predicted octanol–water partition coefficient (Wildman–Crippen LogP) is 3.01. The first-order chi connectivity index (χ1) is 14.3. The van der Waals surface area contributed by atoms with Crippen LogP contribution in [0.3, 0.4) is 0 Å². The molecule has 2 aromatic carbocycles. The molecule has 0 aliphatic rings. The molecular formula is C21H24N4O4S. The molecule has 0 spiro atoms. The minimum Gasteiger partial charge on any atom is -0.348 e. The van der Waals surface area contributed by atoms with Gasteiger partial charge in [0.05, 0.1) is 4.90 Å². The normalized spacial score (nSPS) is 11.6. The highest BCUT2D eigenvalue weighted by Gasteiger charge is 2.21. The Morgan fingerprint density at radius 2 is 1.67 bits per heavy atom. The van der Waals surface area contributed by atoms with Gasteiger partial charge in [0.25, 0.3) is 11.8 Å². The summed E-state index contributed by atoms with van der Waals surface area (Å²) in [5.74, 6) is 0.713. The lowest BCUT2D eigenvalue weighted by atomic mass is 10.1. The van der Waals surface area contributed by atoms with Crippen LogP contribution in [0.1, 0.15) is 35.6 Å². The van der Waals surface area contributed by atoms with Crippen molar-refractivity contribution in [1.29, 1.82) is 0 Å². The van der Waals surface area contributed by atoms with Gasteiger partial charge in [0.1, 0.15) is 0 Å². The summed E-state index contributed by atoms with van der Waals surface area (Å²) in [5.41, 5.74) is 2.03. The Morgan fingerprint density at radius 1 is 1.03 bits per heavy atom. The molecule has 0 aliphatic heterocycles. The first kappa shape index (κ1) is 21.7. The van der Waals surface area contributed by atoms with Gasteiger partial charge in [0, 0.05) is 30.8 Å². The van der Waals surface area contributed by atoms with Crippen molar-refractivity contribution in [3.63, 3.8) is 0 Å². The molecule has 1 amide bonds. The van der Waals surface area contributed by atoms with E-state index in [4.69, 9.17) is 4.52 Å². The summed E-state index contributed by atoms with van der Waals surface area (Å²) in [6, 6.07) is 13.4. The molecule has 1 heterocycles. The van der Waals surface area contributed by atoms with E-state index in [1.165, 1.54) is 4.31 Å². The Balaban J connectivity index is 1.62. The maximum atomic E-state index is 12.5. The molecule has 30 heavy (non-hydrogen) atoms. The number of sulfonamides is 1. The van der Waals surface area contributed by atoms with Gasteiger partial charge < -0.3 is 9.84 Å². The number of hydrogen-bond donors (Lipinski definition) is 1. The second-order valence-electron chi connectivity index (χ2n) is 6.64. The van der Waals surface area contributed by atoms with Crippen molar-refractivity contribution in [3.8, 4) is 11.5 Å². The van der Waals surface area contributed by atoms with Crippen molar-refractivity contribution >= 4 is 15.9 Å². The van der Waals surface area contributed by atoms with E-state index in [1.807, 2.05) is 0 Å². The van der Waals surface area contributed by atoms with E-state index in [-0.39, 0.29) is 17.3 Å². The number of benzene rings is 2. The molecule has 9 heteroatoms. The third-order valence-electron chi connectivity index (χ3n) is 4.64. The topological polar surface area (TPSA) is 105 Å². The van der Waals surface area contributed by atoms with Gasteiger partial charge in [-0.25, -0.2) is 8.42 Å². The Labute approximate surface area is 176 Å². The highest BCUT2D eigenvalue weighted by atomic mass is 32.2. The average Bonchev–Trinajstić information content (AvgIpc) is 3.19. The third kappa shape index (κ3) is 4.74. The van der Waals surface area contributed by atoms with Gasteiger partial charge in [-0.15, -0.1) is 0 Å². The summed E-state index contributed by atoms with van der Waals surface area (Å²) in [6.45, 7) is 6.47. The first-order valence-electron chi connectivity index (χ1n) is 9.63. The molecule has 0 bridgehead atoms. The molecule has 0 atom stereocenters. The Morgan fingerprint density at radius 3 is 2.20 bits per heavy atom. The zero-order chi connectivity index (χ0) is 21.7. The highest BCUT2D eigenvalue weighted by Crippen LogP contribution is 2.18. The lowest BCUT2D eigenvalue weighted by Gasteiger charge is -2.18. The van der Waals surface area contributed by atoms with Crippen molar-refractivity contribution in [3.05, 3.63) is 65.5 Å². The second-order valence-corrected chi connectivity index (χ2v) is 8.58. The van der Waals surface area contributed by atoms with Crippen molar-refractivity contribution in [2.75, 3.05) is 13.1 Å². The van der Waals surface area contributed by atoms with E-state index in [2.05, 4.69) is 15.5 Å². The lowest BCUT2D eigenvalue weighted by molar-refractivity contribution is 0.0951. The number of carbonyl (C=O) groups excluding carboxylic acids is 1. The Hall–Kier alpha value is -3.04. The molecule has 3 rings (SSSR count). The zero-order valence-corrected chi connectivity index (χ0v) is 17.9. The molecule has 0 unspecified atom stereocenters. The molecule has 0 radical (unpaired) electrons. The van der Waals surface area contributed by atoms with Crippen molar-refractivity contribution in [2.24, 2.45) is 0 Å². The van der Waals surface area contributed by atoms with Gasteiger partial charge in [0.2, 0.25) is 10.0 Å². The summed E-state index contributed by atoms with van der Waals surface area (Å²) in [5, 5.41) is 6.58. The third-order valence-corrected chi connectivity index (χ3v) is 6.71. The van der Waals surface area contributed by atoms with Crippen LogP contribution in [0.25, 0.3) is 11.5 Å². The summed E-state index contributed by atoms with van der Waals surface area (Å²) in [7, 11) is -3.49. The monoisotopic (exact) mass is 428 g/mol. The predicted molar refractivity (Wildman–Crippen MR) is 112 cm³/mol. The molecular weight excluding hydrogens is 404 g/mol. The van der Waals surface area contributed by atoms with E-state index in [1.54, 1.807) is 69.3 Å². The van der Waals surface area contributed by atoms with Gasteiger partial charge in [0.15, 0.2) is 5.82 Å². The maximum Gasteiger partial charge on any atom is 0.257 e. The summed E-state index contributed by atoms with van der Waals surface area (Å²) >= 11 is 0. The fourth-order valence-corrected chi connectivity index (χ4v) is 4.41. The number of nitrogens with one attached hydrogen (secondary N) is 1. The van der Waals surface area contributed by atoms with Crippen LogP contribution in [-0.2, 0) is 16.6 Å². The van der Waals surface area contributed by atoms with Crippen molar-refractivity contribution < 1.29 is 17.7 Å². The molecule has 0 fully saturated rings. The average molecular weight is 429 g/mol. The number of amides is 1. The number of nitrogens with zero attached hydrogens (tertiary/aromatic N) is 3. The maximum absolute atomic E-state index is 12.5. The van der Waals surface area contributed by atoms with Crippen LogP contribution in [0.4, 0.5) is 0 Å². The van der Waals surface area contributed by atoms with Crippen LogP contribution in [-0.4, -0.2) is 41.9 Å². The second kappa shape index (κ2) is 9.19. The molecule has 8 nitrogen and oxygen atoms in total. The van der Waals surface area contributed by atoms with E-state index in [9.17, 15) is 13.2 Å². The van der Waals surface area contributed by atoms with Crippen LogP contribution in [0, 0.1) is 6.92 Å². The van der Waals surface area contributed by atoms with E-state index < -0.39 is 10.0 Å². The van der Waals surface area contributed by atoms with Crippen LogP contribution in [0.5, 0.6) is 0 Å². The lowest BCUT2D eigenvalue weighted by Crippen LogP contribution is -2.30. The molecule has 1 aromatic heterocycles. The van der Waals surface area contributed by atoms with Crippen LogP contribution < -0.4 is 5.32 Å². The minimum atomic E-state index is -3.49. The molecule has 158 valence electrons. The zero-order valence-electron chi connectivity index (χ0n) is 17.1. The number of rotatable bonds is 8. The van der Waals surface area contributed by atoms with Gasteiger partial charge in [-0.1, -0.05) is 31.1 Å². The molecule has 0 saturated heterocycles. The number of hydrogen-bond acceptors (Lipinski definition) is 6. The molecule has 3 aromatic rings. The summed E-state index contributed by atoms with van der Waals surface area (Å²) in [4.78, 5) is 16.8. The number of carbonyl (C=O) groups is 1. The Bertz CT molecular complexity index is 1100. The van der Waals surface area contributed by atoms with Crippen LogP contribution in [0.2, 0.25) is 0 Å². The molecule has 1 N–H and O–H groups in total. The van der Waals surface area contributed by atoms with E-state index in [0.717, 1.165) is 11.1 Å². The van der Waals surface area contributed by atoms with Crippen LogP contribution >= 0.6 is 0 Å². The highest BCUT2D eigenvalue weighted by molar-refractivity contribution is 7.89. The van der Waals surface area contributed by atoms with Gasteiger partial charge in [-0.2, -0.15) is 9.29 Å². The number of aryl methyl sites for hydroxylation is 1. The fourth-order valence-electron chi connectivity index (χ4n) is 2.95. The van der Waals surface area contributed by atoms with Crippen molar-refractivity contribution in [1.82, 2.24) is 19.8 Å². The van der Waals surface area contributed by atoms with Gasteiger partial charge >= 0.3 is 0 Å². The standard InChI is InChI=1S/C21H24N4O4S/c1-4-25(5-2)30(27,28)19-12-6-16(7-13-19)14-22-20(26)17-8-10-18(11-9-17)21-23-15(3)24-29-21/h6-13H,4-5,14H2,1-3H3,(H,22,26). The van der Waals surface area contributed by atoms with E-state index >= 15 is 0 Å². The molecule has 0 aliphatic carbocycles. The quantitative estimate of drug-likeness (QED) is 0.591. The summed E-state index contributed by atoms with van der Waals surface area (Å²) < 4.78 is 31.6. The first-order valence-corrected chi connectivity index (χ1v) is 11.1. The fraction of sp³-hybridized carbons (Fsp3) is 0.286. The van der Waals surface area contributed by atoms with Gasteiger partial charge in [-0.3, -0.25) is 4.79 Å². The van der Waals surface area contributed by atoms with Crippen LogP contribution in [0.15, 0.2) is 57.9 Å². The smallest absolute Gasteiger partial charge is 0.257 e. The minimum absolute atomic E-state index is 0.233. The van der Waals surface area contributed by atoms with E-state index in [0.29, 0.717) is 30.4 Å².